The summed E-state index contributed by atoms with van der Waals surface area (Å²) in [5.41, 5.74) is 2.36. The van der Waals surface area contributed by atoms with Crippen molar-refractivity contribution < 1.29 is 9.18 Å². The molecular formula is C27H25Cl2FN4O. The fourth-order valence-corrected chi connectivity index (χ4v) is 4.60. The molecule has 4 aromatic rings. The predicted molar refractivity (Wildman–Crippen MR) is 137 cm³/mol. The van der Waals surface area contributed by atoms with Crippen LogP contribution in [0.15, 0.2) is 85.2 Å². The molecule has 1 unspecified atom stereocenters. The van der Waals surface area contributed by atoms with Crippen molar-refractivity contribution in [1.29, 1.82) is 0 Å². The Kier molecular flexibility index (Phi) is 8.53. The van der Waals surface area contributed by atoms with Gasteiger partial charge in [0, 0.05) is 47.6 Å². The van der Waals surface area contributed by atoms with E-state index in [2.05, 4.69) is 20.2 Å². The Hall–Kier alpha value is -3.19. The summed E-state index contributed by atoms with van der Waals surface area (Å²) in [4.78, 5) is 22.4. The number of carbonyl (C=O) groups excluding carboxylic acids is 1. The van der Waals surface area contributed by atoms with Crippen molar-refractivity contribution >= 4 is 29.1 Å². The molecule has 35 heavy (non-hydrogen) atoms. The van der Waals surface area contributed by atoms with E-state index in [1.165, 1.54) is 12.1 Å². The first-order chi connectivity index (χ1) is 17.0. The molecule has 1 atom stereocenters. The molecule has 0 aliphatic carbocycles. The first kappa shape index (κ1) is 24.9. The number of rotatable bonds is 10. The zero-order valence-corrected chi connectivity index (χ0v) is 20.4. The van der Waals surface area contributed by atoms with Crippen molar-refractivity contribution in [1.82, 2.24) is 20.2 Å². The maximum Gasteiger partial charge on any atom is 0.251 e. The number of imidazole rings is 1. The number of amides is 1. The van der Waals surface area contributed by atoms with Crippen LogP contribution in [0.3, 0.4) is 0 Å². The molecule has 4 rings (SSSR count). The van der Waals surface area contributed by atoms with Crippen molar-refractivity contribution in [2.24, 2.45) is 0 Å². The van der Waals surface area contributed by atoms with Gasteiger partial charge in [0.1, 0.15) is 11.6 Å². The number of benzene rings is 3. The summed E-state index contributed by atoms with van der Waals surface area (Å²) in [7, 11) is 0. The van der Waals surface area contributed by atoms with Crippen LogP contribution in [0.5, 0.6) is 0 Å². The molecule has 1 amide bonds. The molecule has 8 heteroatoms. The highest BCUT2D eigenvalue weighted by molar-refractivity contribution is 6.34. The van der Waals surface area contributed by atoms with Gasteiger partial charge in [-0.15, -0.1) is 0 Å². The van der Waals surface area contributed by atoms with Crippen LogP contribution in [-0.4, -0.2) is 33.9 Å². The normalized spacial score (nSPS) is 12.0. The van der Waals surface area contributed by atoms with Gasteiger partial charge in [0.25, 0.3) is 5.91 Å². The molecule has 0 spiro atoms. The van der Waals surface area contributed by atoms with E-state index in [9.17, 15) is 9.18 Å². The lowest BCUT2D eigenvalue weighted by Crippen LogP contribution is -2.38. The van der Waals surface area contributed by atoms with E-state index in [1.807, 2.05) is 36.4 Å². The molecule has 0 saturated heterocycles. The van der Waals surface area contributed by atoms with Crippen LogP contribution in [0.4, 0.5) is 4.39 Å². The molecule has 0 saturated carbocycles. The van der Waals surface area contributed by atoms with Crippen LogP contribution < -0.4 is 5.32 Å². The van der Waals surface area contributed by atoms with Gasteiger partial charge in [-0.2, -0.15) is 0 Å². The van der Waals surface area contributed by atoms with Gasteiger partial charge in [0.15, 0.2) is 0 Å². The highest BCUT2D eigenvalue weighted by Crippen LogP contribution is 2.28. The van der Waals surface area contributed by atoms with E-state index < -0.39 is 0 Å². The maximum absolute atomic E-state index is 13.9. The monoisotopic (exact) mass is 510 g/mol. The first-order valence-electron chi connectivity index (χ1n) is 11.2. The van der Waals surface area contributed by atoms with Crippen LogP contribution in [0.25, 0.3) is 0 Å². The van der Waals surface area contributed by atoms with E-state index in [4.69, 9.17) is 23.2 Å². The average Bonchev–Trinajstić information content (AvgIpc) is 3.37. The summed E-state index contributed by atoms with van der Waals surface area (Å²) in [6, 6.07) is 20.8. The van der Waals surface area contributed by atoms with Crippen LogP contribution in [0.2, 0.25) is 10.0 Å². The Morgan fingerprint density at radius 2 is 1.77 bits per heavy atom. The molecule has 0 radical (unpaired) electrons. The smallest absolute Gasteiger partial charge is 0.251 e. The number of H-pyrrole nitrogens is 1. The van der Waals surface area contributed by atoms with Crippen molar-refractivity contribution in [3.8, 4) is 0 Å². The van der Waals surface area contributed by atoms with Crippen molar-refractivity contribution in [3.63, 3.8) is 0 Å². The SMILES string of the molecule is O=C(NCCN(Cc1cccc(F)c1)C(Cc1cc(Cl)cc(Cl)c1)c1ncc[nH]1)c1ccccc1. The quantitative estimate of drug-likeness (QED) is 0.272. The lowest BCUT2D eigenvalue weighted by atomic mass is 10.0. The third kappa shape index (κ3) is 7.15. The third-order valence-electron chi connectivity index (χ3n) is 5.62. The second kappa shape index (κ2) is 12.0. The Bertz CT molecular complexity index is 1230. The van der Waals surface area contributed by atoms with Crippen LogP contribution in [-0.2, 0) is 13.0 Å². The Morgan fingerprint density at radius 3 is 2.46 bits per heavy atom. The highest BCUT2D eigenvalue weighted by Gasteiger charge is 2.24. The van der Waals surface area contributed by atoms with Crippen LogP contribution in [0, 0.1) is 5.82 Å². The molecule has 0 aliphatic heterocycles. The number of aromatic nitrogens is 2. The summed E-state index contributed by atoms with van der Waals surface area (Å²) < 4.78 is 13.9. The Balaban J connectivity index is 1.58. The summed E-state index contributed by atoms with van der Waals surface area (Å²) in [5, 5.41) is 4.09. The summed E-state index contributed by atoms with van der Waals surface area (Å²) in [5.74, 6) is 0.315. The maximum atomic E-state index is 13.9. The van der Waals surface area contributed by atoms with Crippen LogP contribution in [0.1, 0.15) is 33.4 Å². The highest BCUT2D eigenvalue weighted by atomic mass is 35.5. The molecule has 3 aromatic carbocycles. The fourth-order valence-electron chi connectivity index (χ4n) is 4.03. The average molecular weight is 511 g/mol. The van der Waals surface area contributed by atoms with E-state index in [1.54, 1.807) is 36.7 Å². The number of nitrogens with zero attached hydrogens (tertiary/aromatic N) is 2. The molecular weight excluding hydrogens is 486 g/mol. The fraction of sp³-hybridized carbons (Fsp3) is 0.185. The summed E-state index contributed by atoms with van der Waals surface area (Å²) in [6.45, 7) is 1.37. The summed E-state index contributed by atoms with van der Waals surface area (Å²) >= 11 is 12.5. The van der Waals surface area contributed by atoms with Crippen molar-refractivity contribution in [2.45, 2.75) is 19.0 Å². The largest absolute Gasteiger partial charge is 0.351 e. The zero-order valence-electron chi connectivity index (χ0n) is 18.9. The van der Waals surface area contributed by atoms with Gasteiger partial charge in [-0.1, -0.05) is 53.5 Å². The zero-order chi connectivity index (χ0) is 24.6. The second-order valence-corrected chi connectivity index (χ2v) is 9.07. The molecule has 2 N–H and O–H groups in total. The van der Waals surface area contributed by atoms with Crippen LogP contribution >= 0.6 is 23.2 Å². The van der Waals surface area contributed by atoms with Gasteiger partial charge in [0.05, 0.1) is 6.04 Å². The van der Waals surface area contributed by atoms with Crippen molar-refractivity contribution in [3.05, 3.63) is 124 Å². The van der Waals surface area contributed by atoms with Gasteiger partial charge in [-0.25, -0.2) is 9.37 Å². The number of hydrogen-bond acceptors (Lipinski definition) is 3. The molecule has 1 aromatic heterocycles. The van der Waals surface area contributed by atoms with E-state index in [0.717, 1.165) is 17.0 Å². The van der Waals surface area contributed by atoms with Crippen molar-refractivity contribution in [2.75, 3.05) is 13.1 Å². The third-order valence-corrected chi connectivity index (χ3v) is 6.06. The van der Waals surface area contributed by atoms with E-state index >= 15 is 0 Å². The first-order valence-corrected chi connectivity index (χ1v) is 12.0. The van der Waals surface area contributed by atoms with E-state index in [-0.39, 0.29) is 17.8 Å². The standard InChI is InChI=1S/C27H25Cl2FN4O/c28-22-13-20(14-23(29)17-22)16-25(26-31-9-10-32-26)34(18-19-5-4-8-24(30)15-19)12-11-33-27(35)21-6-2-1-3-7-21/h1-10,13-15,17,25H,11-12,16,18H2,(H,31,32)(H,33,35). The van der Waals surface area contributed by atoms with Gasteiger partial charge >= 0.3 is 0 Å². The Labute approximate surface area is 213 Å². The summed E-state index contributed by atoms with van der Waals surface area (Å²) in [6.07, 6.45) is 4.03. The lowest BCUT2D eigenvalue weighted by Gasteiger charge is -2.31. The minimum Gasteiger partial charge on any atom is -0.351 e. The predicted octanol–water partition coefficient (Wildman–Crippen LogP) is 6.07. The topological polar surface area (TPSA) is 61.0 Å². The number of aromatic amines is 1. The van der Waals surface area contributed by atoms with Gasteiger partial charge < -0.3 is 10.3 Å². The van der Waals surface area contributed by atoms with E-state index in [0.29, 0.717) is 41.7 Å². The van der Waals surface area contributed by atoms with Gasteiger partial charge in [0.2, 0.25) is 0 Å². The second-order valence-electron chi connectivity index (χ2n) is 8.19. The number of hydrogen-bond donors (Lipinski definition) is 2. The molecule has 0 fully saturated rings. The molecule has 180 valence electrons. The van der Waals surface area contributed by atoms with Gasteiger partial charge in [-0.05, 0) is 60.0 Å². The molecule has 1 heterocycles. The minimum absolute atomic E-state index is 0.146. The molecule has 5 nitrogen and oxygen atoms in total. The number of nitrogens with one attached hydrogen (secondary N) is 2. The van der Waals surface area contributed by atoms with Gasteiger partial charge in [-0.3, -0.25) is 9.69 Å². The minimum atomic E-state index is -0.295. The number of halogens is 3. The molecule has 0 bridgehead atoms. The number of carbonyl (C=O) groups is 1. The Morgan fingerprint density at radius 1 is 1.00 bits per heavy atom. The molecule has 0 aliphatic rings. The lowest BCUT2D eigenvalue weighted by molar-refractivity contribution is 0.0941.